The Morgan fingerprint density at radius 1 is 1.50 bits per heavy atom. The smallest absolute Gasteiger partial charge is 0.145 e. The summed E-state index contributed by atoms with van der Waals surface area (Å²) < 4.78 is 29.0. The molecule has 1 aliphatic carbocycles. The molecule has 1 aromatic carbocycles. The summed E-state index contributed by atoms with van der Waals surface area (Å²) in [7, 11) is 0.903. The van der Waals surface area contributed by atoms with Gasteiger partial charge in [-0.1, -0.05) is 28.3 Å². The van der Waals surface area contributed by atoms with E-state index in [-0.39, 0.29) is 11.5 Å². The molecule has 1 aromatic rings. The molecule has 3 atom stereocenters. The number of benzene rings is 1. The van der Waals surface area contributed by atoms with Gasteiger partial charge in [-0.3, -0.25) is 0 Å². The van der Waals surface area contributed by atoms with E-state index in [1.54, 1.807) is 24.3 Å². The molecule has 6 heteroatoms. The molecule has 1 aliphatic rings. The van der Waals surface area contributed by atoms with Crippen LogP contribution in [0.1, 0.15) is 32.3 Å². The Balaban J connectivity index is 1.94. The van der Waals surface area contributed by atoms with Crippen molar-refractivity contribution in [3.05, 3.63) is 29.8 Å². The third-order valence-corrected chi connectivity index (χ3v) is 5.46. The van der Waals surface area contributed by atoms with Crippen LogP contribution in [0, 0.1) is 5.41 Å². The van der Waals surface area contributed by atoms with Gasteiger partial charge in [-0.2, -0.15) is 0 Å². The second-order valence-corrected chi connectivity index (χ2v) is 8.44. The quantitative estimate of drug-likeness (QED) is 0.820. The topological polar surface area (TPSA) is 55.1 Å². The molecule has 0 aliphatic heterocycles. The molecule has 20 heavy (non-hydrogen) atoms. The Hall–Kier alpha value is -0.350. The largest absolute Gasteiger partial charge is 0.330 e. The molecule has 112 valence electrons. The molecule has 1 fully saturated rings. The molecule has 0 radical (unpaired) electrons. The summed E-state index contributed by atoms with van der Waals surface area (Å²) in [5, 5.41) is -1.45. The molecule has 1 saturated carbocycles. The van der Waals surface area contributed by atoms with Gasteiger partial charge in [0.2, 0.25) is 0 Å². The Bertz CT molecular complexity index is 495. The molecular weight excluding hydrogens is 294 g/mol. The number of nitrogens with one attached hydrogen (secondary N) is 1. The summed E-state index contributed by atoms with van der Waals surface area (Å²) in [6.45, 7) is 4.28. The highest BCUT2D eigenvalue weighted by Crippen LogP contribution is 2.40. The Morgan fingerprint density at radius 3 is 2.50 bits per heavy atom. The van der Waals surface area contributed by atoms with E-state index in [4.69, 9.17) is 5.73 Å². The molecule has 3 nitrogen and oxygen atoms in total. The van der Waals surface area contributed by atoms with Gasteiger partial charge in [-0.05, 0) is 49.4 Å². The molecular formula is C14H22FN2OPS. The maximum Gasteiger partial charge on any atom is 0.145 e. The summed E-state index contributed by atoms with van der Waals surface area (Å²) in [6.07, 6.45) is 1.89. The van der Waals surface area contributed by atoms with Crippen LogP contribution in [-0.2, 0) is 16.4 Å². The van der Waals surface area contributed by atoms with Crippen molar-refractivity contribution in [2.24, 2.45) is 11.1 Å². The molecule has 0 saturated heterocycles. The third-order valence-electron chi connectivity index (χ3n) is 3.88. The highest BCUT2D eigenvalue weighted by Gasteiger charge is 2.39. The van der Waals surface area contributed by atoms with Crippen LogP contribution in [0.4, 0.5) is 4.39 Å². The molecule has 2 rings (SSSR count). The zero-order valence-electron chi connectivity index (χ0n) is 11.9. The fourth-order valence-corrected chi connectivity index (χ4v) is 3.68. The van der Waals surface area contributed by atoms with E-state index in [0.29, 0.717) is 17.0 Å². The van der Waals surface area contributed by atoms with Crippen LogP contribution in [0.25, 0.3) is 0 Å². The summed E-state index contributed by atoms with van der Waals surface area (Å²) in [4.78, 5) is 0.671. The lowest BCUT2D eigenvalue weighted by Gasteiger charge is -2.44. The van der Waals surface area contributed by atoms with Crippen LogP contribution in [-0.4, -0.2) is 16.8 Å². The predicted octanol–water partition coefficient (Wildman–Crippen LogP) is 2.44. The van der Waals surface area contributed by atoms with Crippen LogP contribution in [0.5, 0.6) is 0 Å². The van der Waals surface area contributed by atoms with Gasteiger partial charge < -0.3 is 5.73 Å². The van der Waals surface area contributed by atoms with Crippen molar-refractivity contribution in [2.45, 2.75) is 43.0 Å². The SMILES string of the molecule is CC1(CN)CC(NS(=O)c2ccc(C(C)(F)P)cc2)C1. The van der Waals surface area contributed by atoms with Crippen molar-refractivity contribution in [3.8, 4) is 0 Å². The first-order valence-electron chi connectivity index (χ1n) is 6.70. The lowest BCUT2D eigenvalue weighted by atomic mass is 9.67. The summed E-state index contributed by atoms with van der Waals surface area (Å²) in [6, 6.07) is 7.01. The third kappa shape index (κ3) is 3.64. The number of halogens is 1. The van der Waals surface area contributed by atoms with Crippen LogP contribution >= 0.6 is 9.24 Å². The predicted molar refractivity (Wildman–Crippen MR) is 84.3 cm³/mol. The standard InChI is InChI=1S/C14H22FN2OPS/c1-13(9-16)7-11(8-13)17-20(18)12-5-3-10(4-6-12)14(2,15)19/h3-6,11,17H,7-9,16,19H2,1-2H3. The molecule has 0 heterocycles. The first-order chi connectivity index (χ1) is 9.23. The van der Waals surface area contributed by atoms with Gasteiger partial charge in [0.25, 0.3) is 0 Å². The number of alkyl halides is 1. The van der Waals surface area contributed by atoms with E-state index in [1.807, 2.05) is 0 Å². The lowest BCUT2D eigenvalue weighted by molar-refractivity contribution is 0.130. The minimum absolute atomic E-state index is 0.182. The minimum atomic E-state index is -1.45. The van der Waals surface area contributed by atoms with Gasteiger partial charge in [-0.15, -0.1) is 0 Å². The van der Waals surface area contributed by atoms with E-state index in [9.17, 15) is 8.60 Å². The van der Waals surface area contributed by atoms with E-state index in [2.05, 4.69) is 20.9 Å². The first kappa shape index (κ1) is 16.0. The van der Waals surface area contributed by atoms with Crippen LogP contribution in [0.15, 0.2) is 29.2 Å². The van der Waals surface area contributed by atoms with Gasteiger partial charge >= 0.3 is 0 Å². The lowest BCUT2D eigenvalue weighted by Crippen LogP contribution is -2.51. The highest BCUT2D eigenvalue weighted by molar-refractivity contribution is 7.83. The molecule has 0 spiro atoms. The number of nitrogens with two attached hydrogens (primary N) is 1. The molecule has 0 bridgehead atoms. The normalized spacial score (nSPS) is 30.4. The highest BCUT2D eigenvalue weighted by atomic mass is 32.2. The summed E-state index contributed by atoms with van der Waals surface area (Å²) in [5.41, 5.74) is 6.43. The molecule has 3 unspecified atom stereocenters. The van der Waals surface area contributed by atoms with Crippen molar-refractivity contribution < 1.29 is 8.60 Å². The van der Waals surface area contributed by atoms with E-state index < -0.39 is 16.4 Å². The van der Waals surface area contributed by atoms with Crippen LogP contribution in [0.3, 0.4) is 0 Å². The Morgan fingerprint density at radius 2 is 2.05 bits per heavy atom. The first-order valence-corrected chi connectivity index (χ1v) is 8.43. The van der Waals surface area contributed by atoms with Crippen molar-refractivity contribution in [1.29, 1.82) is 0 Å². The molecule has 0 amide bonds. The van der Waals surface area contributed by atoms with Crippen LogP contribution in [0.2, 0.25) is 0 Å². The molecule has 0 aromatic heterocycles. The number of rotatable bonds is 5. The second kappa shape index (κ2) is 5.80. The van der Waals surface area contributed by atoms with Gasteiger partial charge in [0.05, 0.1) is 4.90 Å². The summed E-state index contributed by atoms with van der Waals surface area (Å²) in [5.74, 6) is 0. The minimum Gasteiger partial charge on any atom is -0.330 e. The van der Waals surface area contributed by atoms with Crippen LogP contribution < -0.4 is 10.5 Å². The van der Waals surface area contributed by atoms with Crippen molar-refractivity contribution in [3.63, 3.8) is 0 Å². The van der Waals surface area contributed by atoms with E-state index in [0.717, 1.165) is 12.8 Å². The monoisotopic (exact) mass is 316 g/mol. The second-order valence-electron chi connectivity index (χ2n) is 6.11. The Labute approximate surface area is 124 Å². The van der Waals surface area contributed by atoms with E-state index in [1.165, 1.54) is 6.92 Å². The number of hydrogen-bond donors (Lipinski definition) is 2. The van der Waals surface area contributed by atoms with Gasteiger partial charge in [0.1, 0.15) is 16.4 Å². The van der Waals surface area contributed by atoms with Gasteiger partial charge in [0.15, 0.2) is 0 Å². The zero-order valence-corrected chi connectivity index (χ0v) is 13.8. The fourth-order valence-electron chi connectivity index (χ4n) is 2.50. The van der Waals surface area contributed by atoms with Gasteiger partial charge in [0, 0.05) is 6.04 Å². The molecule has 3 N–H and O–H groups in total. The fraction of sp³-hybridized carbons (Fsp3) is 0.571. The maximum atomic E-state index is 13.7. The Kier molecular flexibility index (Phi) is 4.65. The average Bonchev–Trinajstić information content (AvgIpc) is 2.35. The average molecular weight is 316 g/mol. The zero-order chi connectivity index (χ0) is 15.0. The van der Waals surface area contributed by atoms with Crippen molar-refractivity contribution in [2.75, 3.05) is 6.54 Å². The van der Waals surface area contributed by atoms with Crippen molar-refractivity contribution >= 4 is 20.2 Å². The number of hydrogen-bond acceptors (Lipinski definition) is 2. The maximum absolute atomic E-state index is 13.7. The van der Waals surface area contributed by atoms with E-state index >= 15 is 0 Å². The van der Waals surface area contributed by atoms with Gasteiger partial charge in [-0.25, -0.2) is 13.3 Å². The van der Waals surface area contributed by atoms with Crippen molar-refractivity contribution in [1.82, 2.24) is 4.72 Å². The summed E-state index contributed by atoms with van der Waals surface area (Å²) >= 11 is 0.